The van der Waals surface area contributed by atoms with Crippen molar-refractivity contribution in [2.24, 2.45) is 11.0 Å². The summed E-state index contributed by atoms with van der Waals surface area (Å²) in [7, 11) is 0. The van der Waals surface area contributed by atoms with E-state index in [2.05, 4.69) is 34.3 Å². The third kappa shape index (κ3) is 4.50. The van der Waals surface area contributed by atoms with Gasteiger partial charge in [0.25, 0.3) is 5.56 Å². The first-order valence-electron chi connectivity index (χ1n) is 8.08. The Bertz CT molecular complexity index is 833. The second-order valence-electron chi connectivity index (χ2n) is 6.47. The molecule has 0 atom stereocenters. The number of amides is 1. The van der Waals surface area contributed by atoms with Crippen LogP contribution < -0.4 is 11.0 Å². The second kappa shape index (κ2) is 7.70. The standard InChI is InChI=1S/C17H24N4O2S/c1-9(2)6-7-10(3)20-21-14(22)8-13-18-16(23)15-11(4)12(5)24-17(15)19-13/h9H,6-8H2,1-5H3,(H,21,22)(H,18,19,23)/b20-10-. The van der Waals surface area contributed by atoms with Gasteiger partial charge in [-0.05, 0) is 45.1 Å². The molecule has 0 bridgehead atoms. The fourth-order valence-electron chi connectivity index (χ4n) is 2.29. The highest BCUT2D eigenvalue weighted by molar-refractivity contribution is 7.18. The van der Waals surface area contributed by atoms with Crippen molar-refractivity contribution in [3.63, 3.8) is 0 Å². The molecule has 2 aromatic heterocycles. The van der Waals surface area contributed by atoms with Gasteiger partial charge in [0, 0.05) is 10.6 Å². The minimum Gasteiger partial charge on any atom is -0.309 e. The Hall–Kier alpha value is -2.02. The van der Waals surface area contributed by atoms with Crippen molar-refractivity contribution >= 4 is 33.2 Å². The van der Waals surface area contributed by atoms with E-state index in [1.54, 1.807) is 0 Å². The van der Waals surface area contributed by atoms with Crippen LogP contribution in [0.2, 0.25) is 0 Å². The van der Waals surface area contributed by atoms with Gasteiger partial charge in [-0.2, -0.15) is 5.10 Å². The average molecular weight is 348 g/mol. The minimum absolute atomic E-state index is 0.00212. The average Bonchev–Trinajstić information content (AvgIpc) is 2.78. The molecule has 2 N–H and O–H groups in total. The maximum absolute atomic E-state index is 12.2. The first kappa shape index (κ1) is 18.3. The number of fused-ring (bicyclic) bond motifs is 1. The van der Waals surface area contributed by atoms with Crippen LogP contribution in [0.5, 0.6) is 0 Å². The lowest BCUT2D eigenvalue weighted by atomic mass is 10.1. The van der Waals surface area contributed by atoms with Gasteiger partial charge in [-0.3, -0.25) is 9.59 Å². The van der Waals surface area contributed by atoms with E-state index in [1.807, 2.05) is 20.8 Å². The van der Waals surface area contributed by atoms with Gasteiger partial charge in [0.15, 0.2) is 0 Å². The molecule has 0 saturated carbocycles. The van der Waals surface area contributed by atoms with Crippen LogP contribution in [0, 0.1) is 19.8 Å². The molecule has 6 nitrogen and oxygen atoms in total. The predicted octanol–water partition coefficient (Wildman–Crippen LogP) is 3.07. The lowest BCUT2D eigenvalue weighted by molar-refractivity contribution is -0.120. The monoisotopic (exact) mass is 348 g/mol. The number of thiophene rings is 1. The van der Waals surface area contributed by atoms with Gasteiger partial charge in [-0.15, -0.1) is 11.3 Å². The van der Waals surface area contributed by atoms with Crippen molar-refractivity contribution in [2.75, 3.05) is 0 Å². The highest BCUT2D eigenvalue weighted by atomic mass is 32.1. The second-order valence-corrected chi connectivity index (χ2v) is 7.67. The molecule has 7 heteroatoms. The van der Waals surface area contributed by atoms with Crippen LogP contribution in [0.4, 0.5) is 0 Å². The summed E-state index contributed by atoms with van der Waals surface area (Å²) >= 11 is 1.47. The van der Waals surface area contributed by atoms with Gasteiger partial charge in [-0.25, -0.2) is 10.4 Å². The maximum atomic E-state index is 12.2. The number of aromatic amines is 1. The number of H-pyrrole nitrogens is 1. The summed E-state index contributed by atoms with van der Waals surface area (Å²) in [6.45, 7) is 10.1. The Kier molecular flexibility index (Phi) is 5.88. The molecule has 2 rings (SSSR count). The molecule has 2 heterocycles. The molecule has 0 radical (unpaired) electrons. The third-order valence-corrected chi connectivity index (χ3v) is 4.97. The molecule has 0 aliphatic carbocycles. The number of carbonyl (C=O) groups excluding carboxylic acids is 1. The molecular weight excluding hydrogens is 324 g/mol. The number of carbonyl (C=O) groups is 1. The van der Waals surface area contributed by atoms with Crippen LogP contribution in [-0.2, 0) is 11.2 Å². The molecule has 0 aliphatic heterocycles. The molecule has 0 unspecified atom stereocenters. The van der Waals surface area contributed by atoms with Gasteiger partial charge in [0.05, 0.1) is 11.8 Å². The lowest BCUT2D eigenvalue weighted by Gasteiger charge is -2.05. The van der Waals surface area contributed by atoms with Gasteiger partial charge in [0.1, 0.15) is 10.7 Å². The van der Waals surface area contributed by atoms with Crippen molar-refractivity contribution in [1.29, 1.82) is 0 Å². The van der Waals surface area contributed by atoms with E-state index < -0.39 is 0 Å². The zero-order valence-electron chi connectivity index (χ0n) is 14.8. The molecule has 0 aromatic carbocycles. The molecular formula is C17H24N4O2S. The summed E-state index contributed by atoms with van der Waals surface area (Å²) in [5.74, 6) is 0.678. The highest BCUT2D eigenvalue weighted by Gasteiger charge is 2.13. The molecule has 0 spiro atoms. The summed E-state index contributed by atoms with van der Waals surface area (Å²) in [6.07, 6.45) is 1.89. The Morgan fingerprint density at radius 3 is 2.75 bits per heavy atom. The number of hydrazone groups is 1. The van der Waals surface area contributed by atoms with Crippen molar-refractivity contribution < 1.29 is 4.79 Å². The zero-order valence-corrected chi connectivity index (χ0v) is 15.6. The molecule has 0 aliphatic rings. The first-order valence-corrected chi connectivity index (χ1v) is 8.90. The lowest BCUT2D eigenvalue weighted by Crippen LogP contribution is -2.23. The van der Waals surface area contributed by atoms with E-state index in [1.165, 1.54) is 11.3 Å². The SMILES string of the molecule is C/C(CCC(C)C)=N/NC(=O)Cc1nc2sc(C)c(C)c2c(=O)[nH]1. The van der Waals surface area contributed by atoms with Crippen LogP contribution in [0.25, 0.3) is 10.2 Å². The van der Waals surface area contributed by atoms with E-state index in [0.717, 1.165) is 29.0 Å². The Morgan fingerprint density at radius 2 is 2.08 bits per heavy atom. The fraction of sp³-hybridized carbons (Fsp3) is 0.529. The molecule has 2 aromatic rings. The highest BCUT2D eigenvalue weighted by Crippen LogP contribution is 2.25. The van der Waals surface area contributed by atoms with Crippen LogP contribution in [0.1, 0.15) is 49.9 Å². The van der Waals surface area contributed by atoms with Crippen molar-refractivity contribution in [2.45, 2.75) is 53.9 Å². The third-order valence-electron chi connectivity index (χ3n) is 3.87. The van der Waals surface area contributed by atoms with Crippen molar-refractivity contribution in [3.8, 4) is 0 Å². The van der Waals surface area contributed by atoms with E-state index in [4.69, 9.17) is 0 Å². The number of nitrogens with one attached hydrogen (secondary N) is 2. The first-order chi connectivity index (χ1) is 11.3. The summed E-state index contributed by atoms with van der Waals surface area (Å²) in [5, 5.41) is 4.71. The molecule has 130 valence electrons. The largest absolute Gasteiger partial charge is 0.309 e. The molecule has 0 fully saturated rings. The zero-order chi connectivity index (χ0) is 17.9. The van der Waals surface area contributed by atoms with Crippen LogP contribution in [0.15, 0.2) is 9.90 Å². The van der Waals surface area contributed by atoms with Crippen LogP contribution in [-0.4, -0.2) is 21.6 Å². The summed E-state index contributed by atoms with van der Waals surface area (Å²) in [4.78, 5) is 33.0. The number of nitrogens with zero attached hydrogens (tertiary/aromatic N) is 2. The van der Waals surface area contributed by atoms with E-state index >= 15 is 0 Å². The number of hydrogen-bond donors (Lipinski definition) is 2. The summed E-state index contributed by atoms with van der Waals surface area (Å²) < 4.78 is 0. The minimum atomic E-state index is -0.286. The van der Waals surface area contributed by atoms with Gasteiger partial charge in [-0.1, -0.05) is 13.8 Å². The van der Waals surface area contributed by atoms with E-state index in [-0.39, 0.29) is 17.9 Å². The van der Waals surface area contributed by atoms with Crippen LogP contribution >= 0.6 is 11.3 Å². The van der Waals surface area contributed by atoms with Crippen molar-refractivity contribution in [3.05, 3.63) is 26.6 Å². The van der Waals surface area contributed by atoms with E-state index in [0.29, 0.717) is 22.0 Å². The van der Waals surface area contributed by atoms with Crippen molar-refractivity contribution in [1.82, 2.24) is 15.4 Å². The number of hydrogen-bond acceptors (Lipinski definition) is 5. The maximum Gasteiger partial charge on any atom is 0.259 e. The van der Waals surface area contributed by atoms with Crippen LogP contribution in [0.3, 0.4) is 0 Å². The van der Waals surface area contributed by atoms with Gasteiger partial charge < -0.3 is 4.98 Å². The number of rotatable bonds is 6. The predicted molar refractivity (Wildman–Crippen MR) is 98.7 cm³/mol. The fourth-order valence-corrected chi connectivity index (χ4v) is 3.33. The topological polar surface area (TPSA) is 87.2 Å². The Morgan fingerprint density at radius 1 is 1.38 bits per heavy atom. The summed E-state index contributed by atoms with van der Waals surface area (Å²) in [6, 6.07) is 0. The van der Waals surface area contributed by atoms with E-state index in [9.17, 15) is 9.59 Å². The summed E-state index contributed by atoms with van der Waals surface area (Å²) in [5.41, 5.74) is 4.17. The normalized spacial score (nSPS) is 12.2. The molecule has 1 amide bonds. The molecule has 0 saturated heterocycles. The van der Waals surface area contributed by atoms with Gasteiger partial charge >= 0.3 is 0 Å². The Balaban J connectivity index is 2.06. The number of aryl methyl sites for hydroxylation is 2. The smallest absolute Gasteiger partial charge is 0.259 e. The number of aromatic nitrogens is 2. The molecule has 24 heavy (non-hydrogen) atoms. The Labute approximate surface area is 145 Å². The quantitative estimate of drug-likeness (QED) is 0.621. The van der Waals surface area contributed by atoms with Gasteiger partial charge in [0.2, 0.25) is 5.91 Å².